The van der Waals surface area contributed by atoms with E-state index in [1.807, 2.05) is 6.92 Å². The Balaban J connectivity index is 1.87. The van der Waals surface area contributed by atoms with Crippen molar-refractivity contribution in [2.45, 2.75) is 43.9 Å². The maximum atomic E-state index is 14.7. The first-order valence-electron chi connectivity index (χ1n) is 8.62. The Kier molecular flexibility index (Phi) is 5.41. The number of piperidine rings is 1. The molecule has 3 rings (SSSR count). The highest BCUT2D eigenvalue weighted by molar-refractivity contribution is 7.86. The van der Waals surface area contributed by atoms with E-state index in [-0.39, 0.29) is 10.8 Å². The third kappa shape index (κ3) is 3.80. The highest BCUT2D eigenvalue weighted by Gasteiger charge is 2.33. The topological polar surface area (TPSA) is 76.0 Å². The molecule has 1 fully saturated rings. The number of aryl methyl sites for hydroxylation is 1. The van der Waals surface area contributed by atoms with Gasteiger partial charge in [0.15, 0.2) is 5.83 Å². The summed E-state index contributed by atoms with van der Waals surface area (Å²) in [5.41, 5.74) is 1.80. The summed E-state index contributed by atoms with van der Waals surface area (Å²) in [7, 11) is -4.10. The Morgan fingerprint density at radius 1 is 1.27 bits per heavy atom. The number of hydrogen-bond donors (Lipinski definition) is 0. The van der Waals surface area contributed by atoms with Crippen molar-refractivity contribution in [2.24, 2.45) is 11.2 Å². The number of nitroso groups, excluding NO2 is 1. The number of allylic oxidation sites excluding steroid dienone is 3. The number of rotatable bonds is 5. The van der Waals surface area contributed by atoms with Gasteiger partial charge in [-0.25, -0.2) is 9.40 Å². The molecule has 1 aliphatic carbocycles. The molecule has 26 heavy (non-hydrogen) atoms. The Morgan fingerprint density at radius 2 is 1.96 bits per heavy atom. The maximum Gasteiger partial charge on any atom is 0.338 e. The van der Waals surface area contributed by atoms with Crippen LogP contribution in [0.1, 0.15) is 37.7 Å². The van der Waals surface area contributed by atoms with E-state index in [0.717, 1.165) is 31.2 Å². The monoisotopic (exact) mass is 380 g/mol. The van der Waals surface area contributed by atoms with Crippen molar-refractivity contribution in [1.82, 2.24) is 5.01 Å². The van der Waals surface area contributed by atoms with E-state index in [4.69, 9.17) is 4.18 Å². The van der Waals surface area contributed by atoms with E-state index >= 15 is 0 Å². The molecule has 0 radical (unpaired) electrons. The van der Waals surface area contributed by atoms with Crippen molar-refractivity contribution in [3.63, 3.8) is 0 Å². The molecule has 0 N–H and O–H groups in total. The molecular weight excluding hydrogens is 359 g/mol. The second kappa shape index (κ2) is 7.57. The summed E-state index contributed by atoms with van der Waals surface area (Å²) >= 11 is 0. The molecule has 1 atom stereocenters. The highest BCUT2D eigenvalue weighted by Crippen LogP contribution is 2.41. The Labute approximate surface area is 152 Å². The lowest BCUT2D eigenvalue weighted by Gasteiger charge is -2.36. The Hall–Kier alpha value is -2.22. The molecule has 0 spiro atoms. The van der Waals surface area contributed by atoms with Crippen molar-refractivity contribution in [1.29, 1.82) is 0 Å². The van der Waals surface area contributed by atoms with Crippen LogP contribution in [0.4, 0.5) is 4.39 Å². The van der Waals surface area contributed by atoms with Crippen molar-refractivity contribution >= 4 is 10.1 Å². The first kappa shape index (κ1) is 18.6. The molecule has 6 nitrogen and oxygen atoms in total. The van der Waals surface area contributed by atoms with Gasteiger partial charge in [0.1, 0.15) is 11.2 Å². The normalized spacial score (nSPS) is 21.4. The van der Waals surface area contributed by atoms with Gasteiger partial charge in [0.2, 0.25) is 0 Å². The van der Waals surface area contributed by atoms with Gasteiger partial charge in [-0.1, -0.05) is 17.7 Å². The molecule has 0 amide bonds. The average molecular weight is 380 g/mol. The summed E-state index contributed by atoms with van der Waals surface area (Å²) in [5, 5.41) is 4.30. The summed E-state index contributed by atoms with van der Waals surface area (Å²) in [6, 6.07) is 6.10. The van der Waals surface area contributed by atoms with E-state index in [1.54, 1.807) is 12.1 Å². The van der Waals surface area contributed by atoms with Crippen LogP contribution in [-0.2, 0) is 14.3 Å². The van der Waals surface area contributed by atoms with Gasteiger partial charge in [-0.15, -0.1) is 4.91 Å². The summed E-state index contributed by atoms with van der Waals surface area (Å²) in [4.78, 5) is 11.0. The molecule has 0 aromatic heterocycles. The fourth-order valence-corrected chi connectivity index (χ4v) is 4.35. The third-order valence-corrected chi connectivity index (χ3v) is 6.05. The Morgan fingerprint density at radius 3 is 2.65 bits per heavy atom. The fourth-order valence-electron chi connectivity index (χ4n) is 3.56. The molecule has 1 heterocycles. The number of fused-ring (bicyclic) bond motifs is 1. The van der Waals surface area contributed by atoms with E-state index in [0.29, 0.717) is 30.5 Å². The van der Waals surface area contributed by atoms with Crippen LogP contribution in [0.2, 0.25) is 0 Å². The van der Waals surface area contributed by atoms with Crippen LogP contribution in [0.15, 0.2) is 57.8 Å². The molecule has 140 valence electrons. The van der Waals surface area contributed by atoms with E-state index in [9.17, 15) is 17.7 Å². The maximum absolute atomic E-state index is 14.7. The van der Waals surface area contributed by atoms with Gasteiger partial charge in [-0.05, 0) is 51.2 Å². The zero-order valence-electron chi connectivity index (χ0n) is 14.5. The molecular formula is C18H21FN2O4S. The highest BCUT2D eigenvalue weighted by atomic mass is 32.2. The van der Waals surface area contributed by atoms with Crippen LogP contribution in [-0.4, -0.2) is 20.0 Å². The average Bonchev–Trinajstić information content (AvgIpc) is 2.65. The summed E-state index contributed by atoms with van der Waals surface area (Å²) in [5.74, 6) is -0.686. The van der Waals surface area contributed by atoms with Gasteiger partial charge in [-0.3, -0.25) is 0 Å². The van der Waals surface area contributed by atoms with Gasteiger partial charge in [-0.2, -0.15) is 8.42 Å². The number of hydrogen-bond acceptors (Lipinski definition) is 5. The predicted molar refractivity (Wildman–Crippen MR) is 94.7 cm³/mol. The van der Waals surface area contributed by atoms with Crippen molar-refractivity contribution in [3.8, 4) is 0 Å². The minimum Gasteiger partial charge on any atom is -0.384 e. The van der Waals surface area contributed by atoms with Crippen molar-refractivity contribution in [2.75, 3.05) is 6.54 Å². The summed E-state index contributed by atoms with van der Waals surface area (Å²) in [6.45, 7) is 2.29. The van der Waals surface area contributed by atoms with Crippen LogP contribution < -0.4 is 0 Å². The lowest BCUT2D eigenvalue weighted by atomic mass is 9.81. The van der Waals surface area contributed by atoms with Crippen LogP contribution in [0.25, 0.3) is 0 Å². The fraction of sp³-hybridized carbons (Fsp3) is 0.444. The van der Waals surface area contributed by atoms with Crippen molar-refractivity contribution < 1.29 is 17.0 Å². The molecule has 1 aliphatic heterocycles. The molecule has 1 saturated heterocycles. The lowest BCUT2D eigenvalue weighted by molar-refractivity contribution is 0.222. The minimum absolute atomic E-state index is 0.0415. The van der Waals surface area contributed by atoms with Gasteiger partial charge in [0.25, 0.3) is 0 Å². The molecule has 1 aromatic carbocycles. The first-order chi connectivity index (χ1) is 12.4. The molecule has 1 unspecified atom stereocenters. The Bertz CT molecular complexity index is 846. The standard InChI is InChI=1S/C18H21FN2O4S/c1-13-7-9-15(10-8-13)26(23,24)25-12-17(19)16-6-2-4-14-5-3-11-21(20-22)18(14)16/h7-10,12,14H,2-6,11H2,1H3/b17-12-. The van der Waals surface area contributed by atoms with Gasteiger partial charge in [0.05, 0.1) is 5.29 Å². The van der Waals surface area contributed by atoms with Crippen LogP contribution >= 0.6 is 0 Å². The minimum atomic E-state index is -4.10. The largest absolute Gasteiger partial charge is 0.384 e. The molecule has 1 aromatic rings. The predicted octanol–water partition coefficient (Wildman–Crippen LogP) is 4.34. The van der Waals surface area contributed by atoms with Gasteiger partial charge >= 0.3 is 10.1 Å². The zero-order valence-corrected chi connectivity index (χ0v) is 15.3. The number of nitrogens with zero attached hydrogens (tertiary/aromatic N) is 2. The lowest BCUT2D eigenvalue weighted by Crippen LogP contribution is -2.32. The quantitative estimate of drug-likeness (QED) is 0.431. The summed E-state index contributed by atoms with van der Waals surface area (Å²) < 4.78 is 43.9. The first-order valence-corrected chi connectivity index (χ1v) is 10.0. The van der Waals surface area contributed by atoms with Crippen molar-refractivity contribution in [3.05, 3.63) is 58.1 Å². The van der Waals surface area contributed by atoms with E-state index in [2.05, 4.69) is 5.29 Å². The van der Waals surface area contributed by atoms with E-state index < -0.39 is 15.9 Å². The summed E-state index contributed by atoms with van der Waals surface area (Å²) in [6.07, 6.45) is 4.41. The molecule has 0 bridgehead atoms. The smallest absolute Gasteiger partial charge is 0.338 e. The number of halogens is 1. The van der Waals surface area contributed by atoms with Gasteiger partial charge in [0, 0.05) is 23.7 Å². The zero-order chi connectivity index (χ0) is 18.7. The van der Waals surface area contributed by atoms with Crippen LogP contribution in [0.5, 0.6) is 0 Å². The second-order valence-corrected chi connectivity index (χ2v) is 8.20. The molecule has 2 aliphatic rings. The van der Waals surface area contributed by atoms with Crippen LogP contribution in [0, 0.1) is 17.7 Å². The third-order valence-electron chi connectivity index (χ3n) is 4.85. The number of benzene rings is 1. The van der Waals surface area contributed by atoms with E-state index in [1.165, 1.54) is 17.1 Å². The van der Waals surface area contributed by atoms with Gasteiger partial charge < -0.3 is 4.18 Å². The molecule has 0 saturated carbocycles. The SMILES string of the molecule is Cc1ccc(S(=O)(=O)O/C=C(\F)C2=C3C(CCC2)CCCN3N=O)cc1. The van der Waals surface area contributed by atoms with Crippen LogP contribution in [0.3, 0.4) is 0 Å². The molecule has 8 heteroatoms. The second-order valence-electron chi connectivity index (χ2n) is 6.63.